The van der Waals surface area contributed by atoms with Crippen LogP contribution in [-0.4, -0.2) is 15.6 Å². The molecule has 0 bridgehead atoms. The lowest BCUT2D eigenvalue weighted by Crippen LogP contribution is -2.00. The Morgan fingerprint density at radius 3 is 2.48 bits per heavy atom. The molecular weight excluding hydrogens is 432 g/mol. The summed E-state index contributed by atoms with van der Waals surface area (Å²) in [6.45, 7) is 0.563. The summed E-state index contributed by atoms with van der Waals surface area (Å²) >= 11 is 1.63. The summed E-state index contributed by atoms with van der Waals surface area (Å²) in [6.07, 6.45) is 1.85. The van der Waals surface area contributed by atoms with Crippen LogP contribution in [0.5, 0.6) is 0 Å². The monoisotopic (exact) mass is 452 g/mol. The first-order valence-corrected chi connectivity index (χ1v) is 11.2. The maximum Gasteiger partial charge on any atom is 0.307 e. The van der Waals surface area contributed by atoms with E-state index in [0.29, 0.717) is 23.5 Å². The van der Waals surface area contributed by atoms with E-state index in [2.05, 4.69) is 16.0 Å². The van der Waals surface area contributed by atoms with Crippen LogP contribution in [0.4, 0.5) is 11.4 Å². The number of nitriles is 1. The molecule has 33 heavy (non-hydrogen) atoms. The lowest BCUT2D eigenvalue weighted by Gasteiger charge is -2.09. The van der Waals surface area contributed by atoms with Gasteiger partial charge in [0.2, 0.25) is 0 Å². The van der Waals surface area contributed by atoms with Gasteiger partial charge in [-0.3, -0.25) is 4.79 Å². The lowest BCUT2D eigenvalue weighted by molar-refractivity contribution is -0.136. The zero-order valence-electron chi connectivity index (χ0n) is 17.6. The van der Waals surface area contributed by atoms with Gasteiger partial charge >= 0.3 is 5.97 Å². The van der Waals surface area contributed by atoms with E-state index in [1.807, 2.05) is 54.7 Å². The topological polar surface area (TPSA) is 118 Å². The van der Waals surface area contributed by atoms with Crippen molar-refractivity contribution in [3.8, 4) is 17.2 Å². The average Bonchev–Trinajstić information content (AvgIpc) is 3.33. The fourth-order valence-corrected chi connectivity index (χ4v) is 5.22. The highest BCUT2D eigenvalue weighted by Gasteiger charge is 2.15. The van der Waals surface area contributed by atoms with E-state index >= 15 is 0 Å². The molecule has 0 saturated carbocycles. The van der Waals surface area contributed by atoms with Crippen molar-refractivity contribution in [2.24, 2.45) is 0 Å². The van der Waals surface area contributed by atoms with Crippen LogP contribution in [0.2, 0.25) is 0 Å². The highest BCUT2D eigenvalue weighted by Crippen LogP contribution is 2.33. The van der Waals surface area contributed by atoms with E-state index in [-0.39, 0.29) is 6.42 Å². The van der Waals surface area contributed by atoms with Crippen molar-refractivity contribution >= 4 is 49.7 Å². The number of carboxylic acid groups (broad SMARTS) is 1. The van der Waals surface area contributed by atoms with Gasteiger partial charge in [-0.2, -0.15) is 5.26 Å². The zero-order chi connectivity index (χ0) is 23.1. The molecule has 0 atom stereocenters. The minimum absolute atomic E-state index is 0.0585. The number of nitrogens with two attached hydrogens (primary N) is 2. The third-order valence-corrected chi connectivity index (χ3v) is 6.75. The molecule has 162 valence electrons. The molecule has 0 spiro atoms. The average molecular weight is 453 g/mol. The number of aromatic nitrogens is 1. The van der Waals surface area contributed by atoms with Gasteiger partial charge in [0.05, 0.1) is 18.1 Å². The van der Waals surface area contributed by atoms with Gasteiger partial charge in [0.1, 0.15) is 0 Å². The van der Waals surface area contributed by atoms with Gasteiger partial charge in [-0.1, -0.05) is 12.1 Å². The Morgan fingerprint density at radius 2 is 1.76 bits per heavy atom. The summed E-state index contributed by atoms with van der Waals surface area (Å²) in [4.78, 5) is 11.5. The van der Waals surface area contributed by atoms with Crippen LogP contribution in [-0.2, 0) is 17.8 Å². The summed E-state index contributed by atoms with van der Waals surface area (Å²) < 4.78 is 3.19. The Bertz CT molecular complexity index is 1570. The predicted molar refractivity (Wildman–Crippen MR) is 133 cm³/mol. The molecule has 5 N–H and O–H groups in total. The number of nitrogen functional groups attached to an aromatic ring is 2. The minimum Gasteiger partial charge on any atom is -0.481 e. The molecule has 0 radical (unpaired) electrons. The summed E-state index contributed by atoms with van der Waals surface area (Å²) in [5.74, 6) is -0.874. The van der Waals surface area contributed by atoms with Crippen molar-refractivity contribution in [2.45, 2.75) is 13.0 Å². The minimum atomic E-state index is -0.874. The summed E-state index contributed by atoms with van der Waals surface area (Å²) in [6, 6.07) is 19.3. The van der Waals surface area contributed by atoms with Crippen molar-refractivity contribution in [1.82, 2.24) is 4.57 Å². The van der Waals surface area contributed by atoms with Crippen LogP contribution < -0.4 is 11.5 Å². The number of benzene rings is 3. The first-order valence-electron chi connectivity index (χ1n) is 10.3. The van der Waals surface area contributed by atoms with E-state index in [9.17, 15) is 15.2 Å². The summed E-state index contributed by atoms with van der Waals surface area (Å²) in [5.41, 5.74) is 18.4. The molecule has 2 aromatic heterocycles. The van der Waals surface area contributed by atoms with Crippen LogP contribution in [0.15, 0.2) is 66.2 Å². The Kier molecular flexibility index (Phi) is 5.00. The Labute approximate surface area is 193 Å². The van der Waals surface area contributed by atoms with E-state index in [4.69, 9.17) is 11.5 Å². The molecule has 0 aliphatic carbocycles. The second-order valence-electron chi connectivity index (χ2n) is 8.06. The fraction of sp³-hybridized carbons (Fsp3) is 0.0769. The molecule has 7 heteroatoms. The summed E-state index contributed by atoms with van der Waals surface area (Å²) in [5, 5.41) is 22.8. The molecule has 0 aliphatic heterocycles. The van der Waals surface area contributed by atoms with Gasteiger partial charge in [-0.05, 0) is 75.5 Å². The third-order valence-electron chi connectivity index (χ3n) is 5.74. The fourth-order valence-electron chi connectivity index (χ4n) is 4.28. The maximum absolute atomic E-state index is 11.5. The molecule has 0 saturated heterocycles. The summed E-state index contributed by atoms with van der Waals surface area (Å²) in [7, 11) is 0. The van der Waals surface area contributed by atoms with Gasteiger partial charge < -0.3 is 21.1 Å². The van der Waals surface area contributed by atoms with Crippen LogP contribution in [0.25, 0.3) is 32.1 Å². The number of thiophene rings is 1. The molecule has 3 aromatic carbocycles. The Balaban J connectivity index is 1.65. The van der Waals surface area contributed by atoms with Crippen molar-refractivity contribution in [1.29, 1.82) is 5.26 Å². The highest BCUT2D eigenvalue weighted by molar-refractivity contribution is 7.17. The van der Waals surface area contributed by atoms with Crippen LogP contribution in [0, 0.1) is 11.3 Å². The smallest absolute Gasteiger partial charge is 0.307 e. The number of carboxylic acids is 1. The van der Waals surface area contributed by atoms with Crippen molar-refractivity contribution in [2.75, 3.05) is 11.5 Å². The predicted octanol–water partition coefficient (Wildman–Crippen LogP) is 5.23. The van der Waals surface area contributed by atoms with Gasteiger partial charge in [-0.15, -0.1) is 11.3 Å². The Hall–Kier alpha value is -4.28. The number of nitrogens with zero attached hydrogens (tertiary/aromatic N) is 2. The SMILES string of the molecule is N#Cc1ccc2scc(Cn3cc(CC(=O)O)c4ccc(-c5cc(N)cc(N)c5)cc43)c2c1. The van der Waals surface area contributed by atoms with E-state index in [1.165, 1.54) is 0 Å². The second kappa shape index (κ2) is 8.01. The van der Waals surface area contributed by atoms with Gasteiger partial charge in [0.25, 0.3) is 0 Å². The molecule has 6 nitrogen and oxygen atoms in total. The quantitative estimate of drug-likeness (QED) is 0.315. The number of anilines is 2. The van der Waals surface area contributed by atoms with Crippen LogP contribution >= 0.6 is 11.3 Å². The third kappa shape index (κ3) is 3.88. The van der Waals surface area contributed by atoms with E-state index in [0.717, 1.165) is 43.2 Å². The van der Waals surface area contributed by atoms with Gasteiger partial charge in [0.15, 0.2) is 0 Å². The molecule has 0 amide bonds. The standard InChI is InChI=1S/C26H20N4O2S/c27-11-15-1-4-25-23(5-15)19(14-33-25)13-30-12-18(9-26(31)32)22-3-2-16(8-24(22)30)17-6-20(28)10-21(29)7-17/h1-8,10,12,14H,9,13,28-29H2,(H,31,32). The molecule has 5 aromatic rings. The largest absolute Gasteiger partial charge is 0.481 e. The first-order chi connectivity index (χ1) is 15.9. The number of aliphatic carboxylic acids is 1. The van der Waals surface area contributed by atoms with Crippen LogP contribution in [0.3, 0.4) is 0 Å². The normalized spacial score (nSPS) is 11.1. The van der Waals surface area contributed by atoms with Gasteiger partial charge in [0, 0.05) is 39.7 Å². The van der Waals surface area contributed by atoms with Crippen molar-refractivity contribution in [3.63, 3.8) is 0 Å². The highest BCUT2D eigenvalue weighted by atomic mass is 32.1. The molecule has 5 rings (SSSR count). The first kappa shape index (κ1) is 20.6. The molecule has 0 aliphatic rings. The van der Waals surface area contributed by atoms with Crippen molar-refractivity contribution < 1.29 is 9.90 Å². The second-order valence-corrected chi connectivity index (χ2v) is 8.97. The van der Waals surface area contributed by atoms with Crippen molar-refractivity contribution in [3.05, 3.63) is 82.9 Å². The number of fused-ring (bicyclic) bond motifs is 2. The molecular formula is C26H20N4O2S. The molecule has 0 fully saturated rings. The van der Waals surface area contributed by atoms with Crippen LogP contribution in [0.1, 0.15) is 16.7 Å². The molecule has 2 heterocycles. The number of hydrogen-bond acceptors (Lipinski definition) is 5. The Morgan fingerprint density at radius 1 is 0.970 bits per heavy atom. The number of hydrogen-bond donors (Lipinski definition) is 3. The van der Waals surface area contributed by atoms with Gasteiger partial charge in [-0.25, -0.2) is 0 Å². The lowest BCUT2D eigenvalue weighted by atomic mass is 10.0. The zero-order valence-corrected chi connectivity index (χ0v) is 18.4. The molecule has 0 unspecified atom stereocenters. The number of rotatable bonds is 5. The number of carbonyl (C=O) groups is 1. The van der Waals surface area contributed by atoms with E-state index < -0.39 is 5.97 Å². The van der Waals surface area contributed by atoms with E-state index in [1.54, 1.807) is 17.4 Å². The maximum atomic E-state index is 11.5.